The van der Waals surface area contributed by atoms with Crippen LogP contribution in [0.15, 0.2) is 45.5 Å². The highest BCUT2D eigenvalue weighted by molar-refractivity contribution is 9.11. The molecule has 0 amide bonds. The minimum Gasteiger partial charge on any atom is -0.311 e. The van der Waals surface area contributed by atoms with Crippen molar-refractivity contribution in [3.05, 3.63) is 62.3 Å². The van der Waals surface area contributed by atoms with Crippen molar-refractivity contribution in [1.82, 2.24) is 10.3 Å². The minimum atomic E-state index is 0.199. The van der Waals surface area contributed by atoms with E-state index < -0.39 is 0 Å². The van der Waals surface area contributed by atoms with Crippen LogP contribution in [0, 0.1) is 6.92 Å². The second-order valence-corrected chi connectivity index (χ2v) is 6.32. The third-order valence-electron chi connectivity index (χ3n) is 3.08. The number of aryl methyl sites for hydroxylation is 1. The van der Waals surface area contributed by atoms with Gasteiger partial charge in [-0.2, -0.15) is 0 Å². The predicted octanol–water partition coefficient (Wildman–Crippen LogP) is 4.42. The van der Waals surface area contributed by atoms with Gasteiger partial charge >= 0.3 is 0 Å². The first-order chi connectivity index (χ1) is 9.10. The lowest BCUT2D eigenvalue weighted by Gasteiger charge is -2.17. The fraction of sp³-hybridized carbons (Fsp3) is 0.267. The van der Waals surface area contributed by atoms with E-state index in [-0.39, 0.29) is 6.04 Å². The van der Waals surface area contributed by atoms with Crippen LogP contribution in [0.5, 0.6) is 0 Å². The van der Waals surface area contributed by atoms with Crippen LogP contribution in [0.3, 0.4) is 0 Å². The first-order valence-electron chi connectivity index (χ1n) is 6.14. The molecule has 19 heavy (non-hydrogen) atoms. The Morgan fingerprint density at radius 3 is 2.47 bits per heavy atom. The summed E-state index contributed by atoms with van der Waals surface area (Å²) in [6, 6.07) is 10.9. The zero-order valence-electron chi connectivity index (χ0n) is 11.0. The summed E-state index contributed by atoms with van der Waals surface area (Å²) in [6.45, 7) is 2.10. The Morgan fingerprint density at radius 1 is 1.21 bits per heavy atom. The summed E-state index contributed by atoms with van der Waals surface area (Å²) < 4.78 is 2.00. The van der Waals surface area contributed by atoms with Crippen LogP contribution < -0.4 is 5.32 Å². The van der Waals surface area contributed by atoms with E-state index in [2.05, 4.69) is 73.3 Å². The van der Waals surface area contributed by atoms with E-state index in [1.165, 1.54) is 11.1 Å². The lowest BCUT2D eigenvalue weighted by Crippen LogP contribution is -2.20. The molecule has 1 aromatic carbocycles. The lowest BCUT2D eigenvalue weighted by atomic mass is 10.0. The zero-order valence-corrected chi connectivity index (χ0v) is 14.1. The molecule has 0 radical (unpaired) electrons. The average Bonchev–Trinajstić information content (AvgIpc) is 2.39. The largest absolute Gasteiger partial charge is 0.311 e. The Bertz CT molecular complexity index is 553. The van der Waals surface area contributed by atoms with Crippen molar-refractivity contribution in [2.75, 3.05) is 7.05 Å². The van der Waals surface area contributed by atoms with Gasteiger partial charge in [0, 0.05) is 15.1 Å². The third-order valence-corrected chi connectivity index (χ3v) is 4.14. The molecule has 0 saturated heterocycles. The van der Waals surface area contributed by atoms with Crippen molar-refractivity contribution in [2.24, 2.45) is 0 Å². The van der Waals surface area contributed by atoms with Crippen LogP contribution in [-0.4, -0.2) is 12.0 Å². The highest BCUT2D eigenvalue weighted by Gasteiger charge is 2.15. The summed E-state index contributed by atoms with van der Waals surface area (Å²) in [7, 11) is 1.97. The Hall–Kier alpha value is -0.710. The maximum Gasteiger partial charge on any atom is 0.0719 e. The van der Waals surface area contributed by atoms with Gasteiger partial charge in [-0.15, -0.1) is 0 Å². The second-order valence-electron chi connectivity index (χ2n) is 4.55. The number of hydrogen-bond acceptors (Lipinski definition) is 2. The number of nitrogens with one attached hydrogen (secondary N) is 1. The SMILES string of the molecule is CNC(Cc1ccc(C)cc1)c1ncc(Br)cc1Br. The van der Waals surface area contributed by atoms with Crippen LogP contribution in [0.4, 0.5) is 0 Å². The van der Waals surface area contributed by atoms with Crippen LogP contribution in [-0.2, 0) is 6.42 Å². The molecular formula is C15H16Br2N2. The molecule has 100 valence electrons. The topological polar surface area (TPSA) is 24.9 Å². The number of likely N-dealkylation sites (N-methyl/N-ethyl adjacent to an activating group) is 1. The summed E-state index contributed by atoms with van der Waals surface area (Å²) in [5.41, 5.74) is 3.63. The molecule has 0 saturated carbocycles. The van der Waals surface area contributed by atoms with Gasteiger partial charge in [0.05, 0.1) is 11.7 Å². The lowest BCUT2D eigenvalue weighted by molar-refractivity contribution is 0.573. The van der Waals surface area contributed by atoms with E-state index in [0.29, 0.717) is 0 Å². The van der Waals surface area contributed by atoms with Gasteiger partial charge in [0.25, 0.3) is 0 Å². The van der Waals surface area contributed by atoms with Crippen LogP contribution >= 0.6 is 31.9 Å². The van der Waals surface area contributed by atoms with Crippen molar-refractivity contribution in [3.63, 3.8) is 0 Å². The highest BCUT2D eigenvalue weighted by atomic mass is 79.9. The van der Waals surface area contributed by atoms with Crippen LogP contribution in [0.25, 0.3) is 0 Å². The first kappa shape index (κ1) is 14.7. The predicted molar refractivity (Wildman–Crippen MR) is 86.3 cm³/mol. The molecule has 0 fully saturated rings. The van der Waals surface area contributed by atoms with Gasteiger partial charge in [-0.05, 0) is 63.9 Å². The van der Waals surface area contributed by atoms with Crippen LogP contribution in [0.2, 0.25) is 0 Å². The number of nitrogens with zero attached hydrogens (tertiary/aromatic N) is 1. The van der Waals surface area contributed by atoms with Crippen molar-refractivity contribution >= 4 is 31.9 Å². The van der Waals surface area contributed by atoms with E-state index in [1.54, 1.807) is 0 Å². The molecule has 1 unspecified atom stereocenters. The standard InChI is InChI=1S/C15H16Br2N2/c1-10-3-5-11(6-4-10)7-14(18-2)15-13(17)8-12(16)9-19-15/h3-6,8-9,14,18H,7H2,1-2H3. The molecule has 1 aromatic heterocycles. The Balaban J connectivity index is 2.22. The Morgan fingerprint density at radius 2 is 1.89 bits per heavy atom. The highest BCUT2D eigenvalue weighted by Crippen LogP contribution is 2.26. The molecule has 4 heteroatoms. The Kier molecular flexibility index (Phi) is 5.13. The summed E-state index contributed by atoms with van der Waals surface area (Å²) >= 11 is 7.01. The number of aromatic nitrogens is 1. The molecule has 0 aliphatic rings. The van der Waals surface area contributed by atoms with Crippen LogP contribution in [0.1, 0.15) is 22.9 Å². The molecule has 1 atom stereocenters. The van der Waals surface area contributed by atoms with E-state index in [1.807, 2.05) is 19.3 Å². The van der Waals surface area contributed by atoms with Gasteiger partial charge in [-0.1, -0.05) is 29.8 Å². The van der Waals surface area contributed by atoms with Gasteiger partial charge < -0.3 is 5.32 Å². The van der Waals surface area contributed by atoms with Crippen molar-refractivity contribution in [3.8, 4) is 0 Å². The number of hydrogen-bond donors (Lipinski definition) is 1. The van der Waals surface area contributed by atoms with Gasteiger partial charge in [0.1, 0.15) is 0 Å². The molecule has 2 aromatic rings. The fourth-order valence-electron chi connectivity index (χ4n) is 1.98. The zero-order chi connectivity index (χ0) is 13.8. The van der Waals surface area contributed by atoms with Crippen molar-refractivity contribution in [1.29, 1.82) is 0 Å². The first-order valence-corrected chi connectivity index (χ1v) is 7.72. The van der Waals surface area contributed by atoms with Gasteiger partial charge in [-0.25, -0.2) is 0 Å². The van der Waals surface area contributed by atoms with E-state index in [0.717, 1.165) is 21.1 Å². The van der Waals surface area contributed by atoms with Gasteiger partial charge in [0.15, 0.2) is 0 Å². The molecule has 0 aliphatic heterocycles. The van der Waals surface area contributed by atoms with E-state index in [9.17, 15) is 0 Å². The van der Waals surface area contributed by atoms with Gasteiger partial charge in [0.2, 0.25) is 0 Å². The smallest absolute Gasteiger partial charge is 0.0719 e. The molecule has 0 bridgehead atoms. The third kappa shape index (κ3) is 3.88. The fourth-order valence-corrected chi connectivity index (χ4v) is 3.24. The Labute approximate surface area is 130 Å². The normalized spacial score (nSPS) is 12.4. The minimum absolute atomic E-state index is 0.199. The number of halogens is 2. The summed E-state index contributed by atoms with van der Waals surface area (Å²) in [6.07, 6.45) is 2.75. The number of benzene rings is 1. The molecule has 1 heterocycles. The molecule has 0 aliphatic carbocycles. The summed E-state index contributed by atoms with van der Waals surface area (Å²) in [4.78, 5) is 4.51. The molecule has 2 rings (SSSR count). The maximum absolute atomic E-state index is 4.51. The maximum atomic E-state index is 4.51. The number of pyridine rings is 1. The number of rotatable bonds is 4. The molecule has 0 spiro atoms. The van der Waals surface area contributed by atoms with E-state index in [4.69, 9.17) is 0 Å². The second kappa shape index (κ2) is 6.64. The molecular weight excluding hydrogens is 368 g/mol. The van der Waals surface area contributed by atoms with Crippen molar-refractivity contribution in [2.45, 2.75) is 19.4 Å². The average molecular weight is 384 g/mol. The molecule has 2 nitrogen and oxygen atoms in total. The van der Waals surface area contributed by atoms with Crippen molar-refractivity contribution < 1.29 is 0 Å². The quantitative estimate of drug-likeness (QED) is 0.845. The summed E-state index contributed by atoms with van der Waals surface area (Å²) in [5.74, 6) is 0. The van der Waals surface area contributed by atoms with E-state index >= 15 is 0 Å². The monoisotopic (exact) mass is 382 g/mol. The summed E-state index contributed by atoms with van der Waals surface area (Å²) in [5, 5.41) is 3.33. The van der Waals surface area contributed by atoms with Gasteiger partial charge in [-0.3, -0.25) is 4.98 Å². The molecule has 1 N–H and O–H groups in total.